The van der Waals surface area contributed by atoms with Crippen LogP contribution in [0.5, 0.6) is 5.75 Å². The third-order valence-electron chi connectivity index (χ3n) is 3.38. The van der Waals surface area contributed by atoms with Gasteiger partial charge in [0.2, 0.25) is 0 Å². The quantitative estimate of drug-likeness (QED) is 0.558. The average molecular weight is 299 g/mol. The number of phenols is 1. The summed E-state index contributed by atoms with van der Waals surface area (Å²) in [5.41, 5.74) is 0.425. The number of aryl methyl sites for hydroxylation is 1. The smallest absolute Gasteiger partial charge is 0.133 e. The fraction of sp³-hybridized carbons (Fsp3) is 0.600. The van der Waals surface area contributed by atoms with Crippen molar-refractivity contribution in [3.63, 3.8) is 0 Å². The van der Waals surface area contributed by atoms with Crippen LogP contribution in [0, 0.1) is 0 Å². The summed E-state index contributed by atoms with van der Waals surface area (Å²) in [7, 11) is -4.62. The van der Waals surface area contributed by atoms with Crippen LogP contribution >= 0.6 is 0 Å². The van der Waals surface area contributed by atoms with Gasteiger partial charge in [-0.3, -0.25) is 0 Å². The minimum Gasteiger partial charge on any atom is -0.744 e. The van der Waals surface area contributed by atoms with E-state index < -0.39 is 20.8 Å². The zero-order valence-electron chi connectivity index (χ0n) is 12.0. The summed E-state index contributed by atoms with van der Waals surface area (Å²) in [4.78, 5) is -0.453. The molecule has 0 atom stereocenters. The van der Waals surface area contributed by atoms with Crippen LogP contribution in [0.2, 0.25) is 0 Å². The van der Waals surface area contributed by atoms with E-state index in [4.69, 9.17) is 0 Å². The topological polar surface area (TPSA) is 77.4 Å². The molecule has 0 unspecified atom stereocenters. The Morgan fingerprint density at radius 1 is 1.05 bits per heavy atom. The van der Waals surface area contributed by atoms with Gasteiger partial charge in [-0.1, -0.05) is 57.6 Å². The largest absolute Gasteiger partial charge is 0.744 e. The van der Waals surface area contributed by atoms with Gasteiger partial charge in [0, 0.05) is 0 Å². The van der Waals surface area contributed by atoms with E-state index in [1.54, 1.807) is 12.1 Å². The Hall–Kier alpha value is -1.07. The predicted octanol–water partition coefficient (Wildman–Crippen LogP) is 3.59. The Bertz CT molecular complexity index is 509. The zero-order valence-corrected chi connectivity index (χ0v) is 12.8. The van der Waals surface area contributed by atoms with Crippen LogP contribution in [0.3, 0.4) is 0 Å². The van der Waals surface area contributed by atoms with Crippen LogP contribution in [-0.4, -0.2) is 18.1 Å². The maximum absolute atomic E-state index is 11.2. The maximum Gasteiger partial charge on any atom is 0.133 e. The van der Waals surface area contributed by atoms with E-state index in [2.05, 4.69) is 6.92 Å². The number of hydrogen-bond donors (Lipinski definition) is 1. The van der Waals surface area contributed by atoms with E-state index >= 15 is 0 Å². The van der Waals surface area contributed by atoms with Crippen molar-refractivity contribution in [2.75, 3.05) is 0 Å². The lowest BCUT2D eigenvalue weighted by molar-refractivity contribution is 0.432. The molecular formula is C15H23O4S-. The number of phenolic OH excluding ortho intramolecular Hbond substituents is 1. The first-order valence-electron chi connectivity index (χ1n) is 7.23. The molecule has 0 heterocycles. The van der Waals surface area contributed by atoms with Gasteiger partial charge in [-0.15, -0.1) is 0 Å². The molecule has 0 aliphatic heterocycles. The van der Waals surface area contributed by atoms with Gasteiger partial charge in [-0.25, -0.2) is 8.42 Å². The summed E-state index contributed by atoms with van der Waals surface area (Å²) in [6.07, 6.45) is 8.38. The lowest BCUT2D eigenvalue weighted by atomic mass is 10.0. The molecule has 0 radical (unpaired) electrons. The van der Waals surface area contributed by atoms with E-state index in [-0.39, 0.29) is 0 Å². The minimum absolute atomic E-state index is 0.425. The van der Waals surface area contributed by atoms with Crippen LogP contribution in [0.15, 0.2) is 23.1 Å². The molecular weight excluding hydrogens is 276 g/mol. The molecule has 0 aliphatic rings. The number of benzene rings is 1. The summed E-state index contributed by atoms with van der Waals surface area (Å²) in [5.74, 6) is -0.444. The second kappa shape index (κ2) is 8.27. The molecule has 0 aromatic heterocycles. The molecule has 5 heteroatoms. The standard InChI is InChI=1S/C15H24O4S/c1-2-3-4-5-6-7-8-10-13-11-9-12-14(16)15(13)20(17,18)19/h9,11-12,16H,2-8,10H2,1H3,(H,17,18,19)/p-1. The van der Waals surface area contributed by atoms with Crippen LogP contribution in [0.25, 0.3) is 0 Å². The molecule has 0 bridgehead atoms. The monoisotopic (exact) mass is 299 g/mol. The highest BCUT2D eigenvalue weighted by atomic mass is 32.2. The fourth-order valence-electron chi connectivity index (χ4n) is 2.33. The Balaban J connectivity index is 2.51. The van der Waals surface area contributed by atoms with Gasteiger partial charge in [0.25, 0.3) is 0 Å². The summed E-state index contributed by atoms with van der Waals surface area (Å²) in [6.45, 7) is 2.17. The molecule has 0 saturated carbocycles. The fourth-order valence-corrected chi connectivity index (χ4v) is 3.14. The summed E-state index contributed by atoms with van der Waals surface area (Å²) >= 11 is 0. The lowest BCUT2D eigenvalue weighted by Crippen LogP contribution is -2.04. The van der Waals surface area contributed by atoms with E-state index in [0.717, 1.165) is 19.3 Å². The number of aromatic hydroxyl groups is 1. The highest BCUT2D eigenvalue weighted by Gasteiger charge is 2.13. The molecule has 0 fully saturated rings. The highest BCUT2D eigenvalue weighted by molar-refractivity contribution is 7.85. The number of rotatable bonds is 9. The molecule has 0 saturated heterocycles. The van der Waals surface area contributed by atoms with Gasteiger partial charge < -0.3 is 9.66 Å². The summed E-state index contributed by atoms with van der Waals surface area (Å²) < 4.78 is 33.5. The average Bonchev–Trinajstić information content (AvgIpc) is 2.36. The van der Waals surface area contributed by atoms with Gasteiger partial charge in [0.1, 0.15) is 15.9 Å². The first kappa shape index (κ1) is 17.0. The molecule has 0 spiro atoms. The Labute approximate surface area is 121 Å². The molecule has 1 aromatic rings. The number of hydrogen-bond acceptors (Lipinski definition) is 4. The molecule has 1 rings (SSSR count). The molecule has 20 heavy (non-hydrogen) atoms. The molecule has 0 amide bonds. The third-order valence-corrected chi connectivity index (χ3v) is 4.35. The van der Waals surface area contributed by atoms with Crippen LogP contribution in [0.4, 0.5) is 0 Å². The molecule has 114 valence electrons. The van der Waals surface area contributed by atoms with Gasteiger partial charge in [-0.2, -0.15) is 0 Å². The van der Waals surface area contributed by atoms with Crippen molar-refractivity contribution in [2.45, 2.75) is 63.2 Å². The molecule has 4 nitrogen and oxygen atoms in total. The Kier molecular flexibility index (Phi) is 7.02. The van der Waals surface area contributed by atoms with E-state index in [1.807, 2.05) is 0 Å². The van der Waals surface area contributed by atoms with Crippen molar-refractivity contribution in [1.82, 2.24) is 0 Å². The Morgan fingerprint density at radius 2 is 1.65 bits per heavy atom. The molecule has 0 aliphatic carbocycles. The first-order chi connectivity index (χ1) is 9.46. The van der Waals surface area contributed by atoms with E-state index in [9.17, 15) is 18.1 Å². The van der Waals surface area contributed by atoms with Crippen LogP contribution < -0.4 is 0 Å². The van der Waals surface area contributed by atoms with Crippen LogP contribution in [0.1, 0.15) is 57.4 Å². The van der Waals surface area contributed by atoms with Crippen LogP contribution in [-0.2, 0) is 16.5 Å². The van der Waals surface area contributed by atoms with Gasteiger partial charge in [0.15, 0.2) is 0 Å². The van der Waals surface area contributed by atoms with Crippen molar-refractivity contribution in [3.05, 3.63) is 23.8 Å². The predicted molar refractivity (Wildman–Crippen MR) is 77.8 cm³/mol. The summed E-state index contributed by atoms with van der Waals surface area (Å²) in [6, 6.07) is 4.40. The van der Waals surface area contributed by atoms with E-state index in [0.29, 0.717) is 12.0 Å². The van der Waals surface area contributed by atoms with E-state index in [1.165, 1.54) is 31.7 Å². The first-order valence-corrected chi connectivity index (χ1v) is 8.64. The maximum atomic E-state index is 11.2. The second-order valence-corrected chi connectivity index (χ2v) is 6.41. The van der Waals surface area contributed by atoms with Crippen molar-refractivity contribution in [3.8, 4) is 5.75 Å². The lowest BCUT2D eigenvalue weighted by Gasteiger charge is -2.14. The highest BCUT2D eigenvalue weighted by Crippen LogP contribution is 2.27. The summed E-state index contributed by atoms with van der Waals surface area (Å²) in [5, 5.41) is 9.55. The van der Waals surface area contributed by atoms with Gasteiger partial charge in [-0.05, 0) is 24.5 Å². The van der Waals surface area contributed by atoms with Gasteiger partial charge >= 0.3 is 0 Å². The second-order valence-electron chi connectivity index (χ2n) is 5.09. The molecule has 1 aromatic carbocycles. The van der Waals surface area contributed by atoms with Gasteiger partial charge in [0.05, 0.1) is 4.90 Å². The van der Waals surface area contributed by atoms with Crippen molar-refractivity contribution < 1.29 is 18.1 Å². The molecule has 1 N–H and O–H groups in total. The Morgan fingerprint density at radius 3 is 2.25 bits per heavy atom. The van der Waals surface area contributed by atoms with Crippen molar-refractivity contribution in [1.29, 1.82) is 0 Å². The third kappa shape index (κ3) is 5.51. The zero-order chi connectivity index (χ0) is 15.0. The minimum atomic E-state index is -4.62. The normalized spacial score (nSPS) is 11.7. The SMILES string of the molecule is CCCCCCCCCc1cccc(O)c1S(=O)(=O)[O-]. The van der Waals surface area contributed by atoms with Crippen molar-refractivity contribution >= 4 is 10.1 Å². The van der Waals surface area contributed by atoms with Crippen molar-refractivity contribution in [2.24, 2.45) is 0 Å². The number of unbranched alkanes of at least 4 members (excludes halogenated alkanes) is 6.